The zero-order valence-electron chi connectivity index (χ0n) is 13.4. The Bertz CT molecular complexity index is 431. The van der Waals surface area contributed by atoms with E-state index in [1.807, 2.05) is 6.07 Å². The molecule has 1 fully saturated rings. The molecule has 1 aliphatic rings. The highest BCUT2D eigenvalue weighted by molar-refractivity contribution is 5.52. The monoisotopic (exact) mass is 276 g/mol. The van der Waals surface area contributed by atoms with E-state index in [0.717, 1.165) is 18.8 Å². The molecule has 1 N–H and O–H groups in total. The van der Waals surface area contributed by atoms with Gasteiger partial charge in [-0.3, -0.25) is 0 Å². The fourth-order valence-corrected chi connectivity index (χ4v) is 2.92. The first-order valence-corrected chi connectivity index (χ1v) is 7.67. The second-order valence-corrected chi connectivity index (χ2v) is 6.42. The van der Waals surface area contributed by atoms with E-state index in [1.54, 1.807) is 7.11 Å². The highest BCUT2D eigenvalue weighted by atomic mass is 16.5. The summed E-state index contributed by atoms with van der Waals surface area (Å²) in [4.78, 5) is 2.55. The van der Waals surface area contributed by atoms with Gasteiger partial charge in [-0.25, -0.2) is 0 Å². The van der Waals surface area contributed by atoms with Crippen LogP contribution in [-0.2, 0) is 0 Å². The molecule has 2 unspecified atom stereocenters. The number of nitrogens with zero attached hydrogens (tertiary/aromatic N) is 1. The molecule has 1 aromatic rings. The smallest absolute Gasteiger partial charge is 0.120 e. The SMILES string of the molecule is COc1cccc(N2CC(C(C)C)NCC2C(C)C)c1. The van der Waals surface area contributed by atoms with Gasteiger partial charge >= 0.3 is 0 Å². The molecule has 0 radical (unpaired) electrons. The van der Waals surface area contributed by atoms with Crippen LogP contribution in [0.5, 0.6) is 5.75 Å². The summed E-state index contributed by atoms with van der Waals surface area (Å²) >= 11 is 0. The highest BCUT2D eigenvalue weighted by Gasteiger charge is 2.31. The van der Waals surface area contributed by atoms with Crippen molar-refractivity contribution < 1.29 is 4.74 Å². The van der Waals surface area contributed by atoms with Gasteiger partial charge in [0.2, 0.25) is 0 Å². The first-order chi connectivity index (χ1) is 9.52. The number of hydrogen-bond acceptors (Lipinski definition) is 3. The molecule has 3 nitrogen and oxygen atoms in total. The minimum atomic E-state index is 0.539. The molecule has 1 saturated heterocycles. The summed E-state index contributed by atoms with van der Waals surface area (Å²) in [7, 11) is 1.73. The fourth-order valence-electron chi connectivity index (χ4n) is 2.92. The van der Waals surface area contributed by atoms with Crippen molar-refractivity contribution in [1.29, 1.82) is 0 Å². The number of anilines is 1. The molecule has 0 spiro atoms. The van der Waals surface area contributed by atoms with Gasteiger partial charge in [-0.15, -0.1) is 0 Å². The number of nitrogens with one attached hydrogen (secondary N) is 1. The van der Waals surface area contributed by atoms with Crippen molar-refractivity contribution in [2.45, 2.75) is 39.8 Å². The van der Waals surface area contributed by atoms with Crippen LogP contribution in [-0.4, -0.2) is 32.3 Å². The molecular formula is C17H28N2O. The summed E-state index contributed by atoms with van der Waals surface area (Å²) in [5, 5.41) is 3.71. The topological polar surface area (TPSA) is 24.5 Å². The molecule has 3 heteroatoms. The van der Waals surface area contributed by atoms with E-state index in [-0.39, 0.29) is 0 Å². The van der Waals surface area contributed by atoms with E-state index >= 15 is 0 Å². The maximum atomic E-state index is 5.37. The molecular weight excluding hydrogens is 248 g/mol. The van der Waals surface area contributed by atoms with Gasteiger partial charge in [0.1, 0.15) is 5.75 Å². The second kappa shape index (κ2) is 6.49. The van der Waals surface area contributed by atoms with Crippen LogP contribution in [0.25, 0.3) is 0 Å². The van der Waals surface area contributed by atoms with Crippen LogP contribution in [0.3, 0.4) is 0 Å². The lowest BCUT2D eigenvalue weighted by Gasteiger charge is -2.45. The van der Waals surface area contributed by atoms with Crippen LogP contribution < -0.4 is 15.0 Å². The van der Waals surface area contributed by atoms with Crippen molar-refractivity contribution in [2.75, 3.05) is 25.1 Å². The predicted octanol–water partition coefficient (Wildman–Crippen LogP) is 3.15. The van der Waals surface area contributed by atoms with E-state index in [1.165, 1.54) is 5.69 Å². The molecule has 0 amide bonds. The van der Waals surface area contributed by atoms with Crippen molar-refractivity contribution in [3.05, 3.63) is 24.3 Å². The lowest BCUT2D eigenvalue weighted by atomic mass is 9.93. The number of benzene rings is 1. The Labute approximate surface area is 123 Å². The van der Waals surface area contributed by atoms with Gasteiger partial charge in [0.15, 0.2) is 0 Å². The zero-order valence-corrected chi connectivity index (χ0v) is 13.4. The Kier molecular flexibility index (Phi) is 4.92. The quantitative estimate of drug-likeness (QED) is 0.914. The first kappa shape index (κ1) is 15.2. The van der Waals surface area contributed by atoms with E-state index in [9.17, 15) is 0 Å². The summed E-state index contributed by atoms with van der Waals surface area (Å²) in [6.07, 6.45) is 0. The summed E-state index contributed by atoms with van der Waals surface area (Å²) < 4.78 is 5.37. The van der Waals surface area contributed by atoms with Crippen LogP contribution >= 0.6 is 0 Å². The third-order valence-corrected chi connectivity index (χ3v) is 4.34. The highest BCUT2D eigenvalue weighted by Crippen LogP contribution is 2.28. The largest absolute Gasteiger partial charge is 0.497 e. The molecule has 20 heavy (non-hydrogen) atoms. The standard InChI is InChI=1S/C17H28N2O/c1-12(2)16-11-19(17(10-18-16)13(3)4)14-7-6-8-15(9-14)20-5/h6-9,12-13,16-18H,10-11H2,1-5H3. The Hall–Kier alpha value is -1.22. The van der Waals surface area contributed by atoms with Crippen LogP contribution in [0.15, 0.2) is 24.3 Å². The normalized spacial score (nSPS) is 23.4. The summed E-state index contributed by atoms with van der Waals surface area (Å²) in [5.74, 6) is 2.21. The van der Waals surface area contributed by atoms with Gasteiger partial charge in [0.05, 0.1) is 7.11 Å². The van der Waals surface area contributed by atoms with Gasteiger partial charge < -0.3 is 15.0 Å². The minimum absolute atomic E-state index is 0.539. The zero-order chi connectivity index (χ0) is 14.7. The fraction of sp³-hybridized carbons (Fsp3) is 0.647. The Morgan fingerprint density at radius 1 is 1.20 bits per heavy atom. The number of ether oxygens (including phenoxy) is 1. The molecule has 1 heterocycles. The van der Waals surface area contributed by atoms with Crippen molar-refractivity contribution >= 4 is 5.69 Å². The van der Waals surface area contributed by atoms with E-state index in [4.69, 9.17) is 4.74 Å². The van der Waals surface area contributed by atoms with E-state index < -0.39 is 0 Å². The van der Waals surface area contributed by atoms with Crippen molar-refractivity contribution in [3.63, 3.8) is 0 Å². The predicted molar refractivity (Wildman–Crippen MR) is 85.6 cm³/mol. The molecule has 0 aliphatic carbocycles. The van der Waals surface area contributed by atoms with Gasteiger partial charge in [-0.05, 0) is 24.0 Å². The third-order valence-electron chi connectivity index (χ3n) is 4.34. The lowest BCUT2D eigenvalue weighted by molar-refractivity contribution is 0.295. The first-order valence-electron chi connectivity index (χ1n) is 7.67. The molecule has 2 rings (SSSR count). The van der Waals surface area contributed by atoms with Crippen LogP contribution in [0.2, 0.25) is 0 Å². The molecule has 0 bridgehead atoms. The van der Waals surface area contributed by atoms with Crippen molar-refractivity contribution in [2.24, 2.45) is 11.8 Å². The van der Waals surface area contributed by atoms with E-state index in [2.05, 4.69) is 56.1 Å². The Morgan fingerprint density at radius 2 is 1.95 bits per heavy atom. The maximum Gasteiger partial charge on any atom is 0.120 e. The summed E-state index contributed by atoms with van der Waals surface area (Å²) in [5.41, 5.74) is 1.27. The maximum absolute atomic E-state index is 5.37. The van der Waals surface area contributed by atoms with Crippen molar-refractivity contribution in [1.82, 2.24) is 5.32 Å². The molecule has 0 saturated carbocycles. The van der Waals surface area contributed by atoms with Gasteiger partial charge in [0.25, 0.3) is 0 Å². The van der Waals surface area contributed by atoms with Crippen LogP contribution in [0, 0.1) is 11.8 Å². The average molecular weight is 276 g/mol. The van der Waals surface area contributed by atoms with E-state index in [0.29, 0.717) is 23.9 Å². The molecule has 2 atom stereocenters. The molecule has 1 aromatic carbocycles. The van der Waals surface area contributed by atoms with Gasteiger partial charge in [0, 0.05) is 36.9 Å². The molecule has 0 aromatic heterocycles. The second-order valence-electron chi connectivity index (χ2n) is 6.42. The lowest BCUT2D eigenvalue weighted by Crippen LogP contribution is -2.60. The Morgan fingerprint density at radius 3 is 2.55 bits per heavy atom. The minimum Gasteiger partial charge on any atom is -0.497 e. The van der Waals surface area contributed by atoms with Crippen LogP contribution in [0.1, 0.15) is 27.7 Å². The number of rotatable bonds is 4. The number of piperazine rings is 1. The van der Waals surface area contributed by atoms with Crippen molar-refractivity contribution in [3.8, 4) is 5.75 Å². The number of methoxy groups -OCH3 is 1. The van der Waals surface area contributed by atoms with Gasteiger partial charge in [-0.1, -0.05) is 33.8 Å². The Balaban J connectivity index is 2.26. The third kappa shape index (κ3) is 3.26. The number of hydrogen-bond donors (Lipinski definition) is 1. The molecule has 112 valence electrons. The molecule has 1 aliphatic heterocycles. The summed E-state index contributed by atoms with van der Waals surface area (Å²) in [6, 6.07) is 9.53. The summed E-state index contributed by atoms with van der Waals surface area (Å²) in [6.45, 7) is 11.3. The van der Waals surface area contributed by atoms with Crippen LogP contribution in [0.4, 0.5) is 5.69 Å². The van der Waals surface area contributed by atoms with Gasteiger partial charge in [-0.2, -0.15) is 0 Å². The average Bonchev–Trinajstić information content (AvgIpc) is 2.46.